The molecule has 1 fully saturated rings. The molecule has 0 unspecified atom stereocenters. The molecule has 1 aliphatic heterocycles. The number of furan rings is 1. The normalized spacial score (nSPS) is 25.3. The van der Waals surface area contributed by atoms with Crippen LogP contribution in [0.2, 0.25) is 0 Å². The Morgan fingerprint density at radius 1 is 0.909 bits per heavy atom. The van der Waals surface area contributed by atoms with Crippen molar-refractivity contribution in [3.05, 3.63) is 59.9 Å². The minimum absolute atomic E-state index is 0.0531. The van der Waals surface area contributed by atoms with Crippen molar-refractivity contribution in [1.82, 2.24) is 0 Å². The molecule has 0 amide bonds. The second-order valence-electron chi connectivity index (χ2n) is 7.92. The number of aliphatic hydroxyl groups is 5. The van der Waals surface area contributed by atoms with E-state index in [4.69, 9.17) is 23.7 Å². The molecule has 0 saturated carbocycles. The zero-order valence-corrected chi connectivity index (χ0v) is 17.9. The summed E-state index contributed by atoms with van der Waals surface area (Å²) in [5.74, 6) is 1.07. The Kier molecular flexibility index (Phi) is 7.49. The molecule has 9 heteroatoms. The molecule has 1 saturated heterocycles. The molecule has 0 radical (unpaired) electrons. The third-order valence-electron chi connectivity index (χ3n) is 5.67. The van der Waals surface area contributed by atoms with E-state index in [0.29, 0.717) is 35.3 Å². The molecule has 5 atom stereocenters. The number of hydrogen-bond acceptors (Lipinski definition) is 9. The van der Waals surface area contributed by atoms with Gasteiger partial charge in [-0.05, 0) is 42.7 Å². The van der Waals surface area contributed by atoms with Gasteiger partial charge >= 0.3 is 0 Å². The lowest BCUT2D eigenvalue weighted by Gasteiger charge is -2.39. The van der Waals surface area contributed by atoms with Gasteiger partial charge in [0, 0.05) is 5.56 Å². The van der Waals surface area contributed by atoms with Crippen LogP contribution in [0.1, 0.15) is 11.1 Å². The van der Waals surface area contributed by atoms with E-state index in [9.17, 15) is 20.4 Å². The summed E-state index contributed by atoms with van der Waals surface area (Å²) in [5, 5.41) is 49.4. The molecule has 2 aromatic carbocycles. The van der Waals surface area contributed by atoms with Crippen molar-refractivity contribution in [2.75, 3.05) is 19.8 Å². The fraction of sp³-hybridized carbons (Fsp3) is 0.417. The lowest BCUT2D eigenvalue weighted by Crippen LogP contribution is -2.60. The van der Waals surface area contributed by atoms with Gasteiger partial charge in [-0.2, -0.15) is 0 Å². The van der Waals surface area contributed by atoms with Crippen LogP contribution in [0.4, 0.5) is 0 Å². The molecule has 3 aromatic rings. The summed E-state index contributed by atoms with van der Waals surface area (Å²) in [5.41, 5.74) is 2.52. The van der Waals surface area contributed by atoms with Crippen molar-refractivity contribution in [2.45, 2.75) is 43.5 Å². The first-order valence-corrected chi connectivity index (χ1v) is 10.8. The van der Waals surface area contributed by atoms with Gasteiger partial charge in [-0.25, -0.2) is 0 Å². The fourth-order valence-corrected chi connectivity index (χ4v) is 3.92. The third-order valence-corrected chi connectivity index (χ3v) is 5.67. The molecule has 1 aromatic heterocycles. The standard InChI is InChI=1S/C24H28O9/c25-9-10-30-16-4-1-3-14(11-16)7-8-15-13-31-17-5-2-6-18(20(15)17)32-24-23(29)22(28)21(27)19(12-26)33-24/h1-6,11,13,19,21-29H,7-10,12H2/t19-,21-,22+,23-,24-/m1/s1. The molecule has 5 N–H and O–H groups in total. The van der Waals surface area contributed by atoms with Crippen LogP contribution in [0.3, 0.4) is 0 Å². The summed E-state index contributed by atoms with van der Waals surface area (Å²) >= 11 is 0. The maximum atomic E-state index is 10.3. The molecule has 4 rings (SSSR count). The zero-order valence-electron chi connectivity index (χ0n) is 17.9. The summed E-state index contributed by atoms with van der Waals surface area (Å²) in [4.78, 5) is 0. The maximum Gasteiger partial charge on any atom is 0.229 e. The van der Waals surface area contributed by atoms with E-state index >= 15 is 0 Å². The van der Waals surface area contributed by atoms with Crippen LogP contribution in [-0.2, 0) is 17.6 Å². The van der Waals surface area contributed by atoms with E-state index in [-0.39, 0.29) is 13.2 Å². The molecule has 0 spiro atoms. The Bertz CT molecular complexity index is 1050. The minimum atomic E-state index is -1.52. The van der Waals surface area contributed by atoms with Gasteiger partial charge in [0.25, 0.3) is 0 Å². The second-order valence-corrected chi connectivity index (χ2v) is 7.92. The van der Waals surface area contributed by atoms with Crippen LogP contribution >= 0.6 is 0 Å². The molecule has 0 bridgehead atoms. The van der Waals surface area contributed by atoms with E-state index in [1.807, 2.05) is 24.3 Å². The van der Waals surface area contributed by atoms with Crippen molar-refractivity contribution in [2.24, 2.45) is 0 Å². The SMILES string of the molecule is OCCOc1cccc(CCc2coc3cccc(O[C@@H]4O[C@H](CO)[C@@H](O)[C@H](O)[C@H]4O)c23)c1. The second kappa shape index (κ2) is 10.5. The van der Waals surface area contributed by atoms with Gasteiger partial charge in [-0.1, -0.05) is 18.2 Å². The third kappa shape index (κ3) is 5.14. The largest absolute Gasteiger partial charge is 0.491 e. The molecular formula is C24H28O9. The monoisotopic (exact) mass is 460 g/mol. The summed E-state index contributed by atoms with van der Waals surface area (Å²) in [7, 11) is 0. The van der Waals surface area contributed by atoms with Crippen LogP contribution in [0.5, 0.6) is 11.5 Å². The molecule has 0 aliphatic carbocycles. The van der Waals surface area contributed by atoms with Crippen LogP contribution in [0.15, 0.2) is 53.1 Å². The lowest BCUT2D eigenvalue weighted by atomic mass is 9.99. The van der Waals surface area contributed by atoms with E-state index in [2.05, 4.69) is 0 Å². The highest BCUT2D eigenvalue weighted by atomic mass is 16.7. The highest BCUT2D eigenvalue weighted by molar-refractivity contribution is 5.87. The van der Waals surface area contributed by atoms with Crippen molar-refractivity contribution >= 4 is 11.0 Å². The highest BCUT2D eigenvalue weighted by Gasteiger charge is 2.44. The smallest absolute Gasteiger partial charge is 0.229 e. The van der Waals surface area contributed by atoms with Gasteiger partial charge in [-0.15, -0.1) is 0 Å². The zero-order chi connectivity index (χ0) is 23.4. The molecule has 2 heterocycles. The van der Waals surface area contributed by atoms with Gasteiger partial charge < -0.3 is 44.2 Å². The number of rotatable bonds is 9. The Labute approximate surface area is 190 Å². The van der Waals surface area contributed by atoms with Gasteiger partial charge in [0.2, 0.25) is 6.29 Å². The van der Waals surface area contributed by atoms with Crippen LogP contribution in [0, 0.1) is 0 Å². The van der Waals surface area contributed by atoms with Crippen molar-refractivity contribution in [3.8, 4) is 11.5 Å². The fourth-order valence-electron chi connectivity index (χ4n) is 3.92. The molecule has 9 nitrogen and oxygen atoms in total. The predicted molar refractivity (Wildman–Crippen MR) is 117 cm³/mol. The Balaban J connectivity index is 1.53. The van der Waals surface area contributed by atoms with E-state index in [1.165, 1.54) is 0 Å². The average Bonchev–Trinajstić information content (AvgIpc) is 3.26. The number of benzene rings is 2. The van der Waals surface area contributed by atoms with Crippen LogP contribution in [0.25, 0.3) is 11.0 Å². The summed E-state index contributed by atoms with van der Waals surface area (Å²) < 4.78 is 22.5. The van der Waals surface area contributed by atoms with Gasteiger partial charge in [0.05, 0.1) is 24.9 Å². The molecule has 33 heavy (non-hydrogen) atoms. The number of aryl methyl sites for hydroxylation is 2. The first-order valence-electron chi connectivity index (χ1n) is 10.8. The number of fused-ring (bicyclic) bond motifs is 1. The van der Waals surface area contributed by atoms with Gasteiger partial charge in [0.1, 0.15) is 48.1 Å². The maximum absolute atomic E-state index is 10.3. The molecular weight excluding hydrogens is 432 g/mol. The number of hydrogen-bond donors (Lipinski definition) is 5. The van der Waals surface area contributed by atoms with E-state index in [1.54, 1.807) is 24.5 Å². The summed E-state index contributed by atoms with van der Waals surface area (Å²) in [6, 6.07) is 12.9. The lowest BCUT2D eigenvalue weighted by molar-refractivity contribution is -0.277. The Hall–Kier alpha value is -2.66. The first kappa shape index (κ1) is 23.5. The van der Waals surface area contributed by atoms with Crippen LogP contribution < -0.4 is 9.47 Å². The van der Waals surface area contributed by atoms with Crippen molar-refractivity contribution < 1.29 is 44.2 Å². The Morgan fingerprint density at radius 3 is 2.52 bits per heavy atom. The van der Waals surface area contributed by atoms with Gasteiger partial charge in [-0.3, -0.25) is 0 Å². The summed E-state index contributed by atoms with van der Waals surface area (Å²) in [6.45, 7) is -0.357. The van der Waals surface area contributed by atoms with Crippen LogP contribution in [-0.4, -0.2) is 76.1 Å². The topological polar surface area (TPSA) is 142 Å². The van der Waals surface area contributed by atoms with Crippen molar-refractivity contribution in [1.29, 1.82) is 0 Å². The van der Waals surface area contributed by atoms with E-state index < -0.39 is 37.3 Å². The van der Waals surface area contributed by atoms with Gasteiger partial charge in [0.15, 0.2) is 0 Å². The molecule has 1 aliphatic rings. The summed E-state index contributed by atoms with van der Waals surface area (Å²) in [6.07, 6.45) is -3.85. The average molecular weight is 460 g/mol. The minimum Gasteiger partial charge on any atom is -0.491 e. The molecule has 178 valence electrons. The Morgan fingerprint density at radius 2 is 1.73 bits per heavy atom. The predicted octanol–water partition coefficient (Wildman–Crippen LogP) is 0.768. The van der Waals surface area contributed by atoms with Crippen molar-refractivity contribution in [3.63, 3.8) is 0 Å². The first-order chi connectivity index (χ1) is 16.0. The number of ether oxygens (including phenoxy) is 3. The quantitative estimate of drug-likeness (QED) is 0.313. The highest BCUT2D eigenvalue weighted by Crippen LogP contribution is 2.34. The van der Waals surface area contributed by atoms with E-state index in [0.717, 1.165) is 11.1 Å². The number of aliphatic hydroxyl groups excluding tert-OH is 5.